The van der Waals surface area contributed by atoms with Crippen molar-refractivity contribution in [3.63, 3.8) is 0 Å². The lowest BCUT2D eigenvalue weighted by molar-refractivity contribution is 0.252. The van der Waals surface area contributed by atoms with Gasteiger partial charge in [0.2, 0.25) is 0 Å². The minimum Gasteiger partial charge on any atom is -0.338 e. The fourth-order valence-corrected chi connectivity index (χ4v) is 1.70. The third-order valence-electron chi connectivity index (χ3n) is 2.68. The number of urea groups is 1. The fourth-order valence-electron chi connectivity index (χ4n) is 1.70. The van der Waals surface area contributed by atoms with Gasteiger partial charge in [-0.25, -0.2) is 4.79 Å². The van der Waals surface area contributed by atoms with E-state index in [1.165, 1.54) is 0 Å². The molecule has 0 atom stereocenters. The molecule has 5 heteroatoms. The Hall–Kier alpha value is -2.30. The molecular weight excluding hydrogens is 240 g/mol. The highest BCUT2D eigenvalue weighted by Crippen LogP contribution is 2.19. The molecule has 0 fully saturated rings. The average molecular weight is 258 g/mol. The van der Waals surface area contributed by atoms with Crippen molar-refractivity contribution < 1.29 is 4.79 Å². The van der Waals surface area contributed by atoms with E-state index < -0.39 is 0 Å². The third kappa shape index (κ3) is 3.58. The van der Waals surface area contributed by atoms with E-state index in [1.807, 2.05) is 44.2 Å². The number of hydrogen-bond acceptors (Lipinski definition) is 2. The lowest BCUT2D eigenvalue weighted by Crippen LogP contribution is -2.29. The normalized spacial score (nSPS) is 10.2. The minimum atomic E-state index is -0.176. The molecule has 0 aliphatic carbocycles. The number of rotatable bonds is 4. The number of aryl methyl sites for hydroxylation is 1. The van der Waals surface area contributed by atoms with Gasteiger partial charge >= 0.3 is 6.03 Å². The number of aromatic amines is 1. The third-order valence-corrected chi connectivity index (χ3v) is 2.68. The molecule has 3 N–H and O–H groups in total. The quantitative estimate of drug-likeness (QED) is 0.789. The van der Waals surface area contributed by atoms with Crippen molar-refractivity contribution in [1.29, 1.82) is 0 Å². The van der Waals surface area contributed by atoms with E-state index >= 15 is 0 Å². The maximum atomic E-state index is 11.5. The van der Waals surface area contributed by atoms with Crippen LogP contribution >= 0.6 is 0 Å². The zero-order valence-corrected chi connectivity index (χ0v) is 11.2. The molecule has 0 saturated carbocycles. The molecule has 0 unspecified atom stereocenters. The first-order valence-corrected chi connectivity index (χ1v) is 6.36. The first-order chi connectivity index (χ1) is 9.19. The molecule has 0 aliphatic heterocycles. The number of hydrogen-bond donors (Lipinski definition) is 3. The van der Waals surface area contributed by atoms with E-state index in [0.717, 1.165) is 29.1 Å². The largest absolute Gasteiger partial charge is 0.338 e. The van der Waals surface area contributed by atoms with Crippen LogP contribution < -0.4 is 10.6 Å². The summed E-state index contributed by atoms with van der Waals surface area (Å²) in [4.78, 5) is 11.5. The van der Waals surface area contributed by atoms with Crippen LogP contribution in [0.15, 0.2) is 30.3 Å². The summed E-state index contributed by atoms with van der Waals surface area (Å²) in [7, 11) is 0. The fraction of sp³-hybridized carbons (Fsp3) is 0.286. The van der Waals surface area contributed by atoms with E-state index in [-0.39, 0.29) is 6.03 Å². The highest BCUT2D eigenvalue weighted by molar-refractivity contribution is 5.89. The molecule has 1 aromatic heterocycles. The van der Waals surface area contributed by atoms with Crippen molar-refractivity contribution in [2.45, 2.75) is 20.3 Å². The number of amides is 2. The van der Waals surface area contributed by atoms with Gasteiger partial charge in [0.1, 0.15) is 0 Å². The van der Waals surface area contributed by atoms with Gasteiger partial charge in [0, 0.05) is 23.5 Å². The van der Waals surface area contributed by atoms with Crippen LogP contribution in [0, 0.1) is 6.92 Å². The molecule has 2 aromatic rings. The van der Waals surface area contributed by atoms with Crippen molar-refractivity contribution in [2.24, 2.45) is 0 Å². The second kappa shape index (κ2) is 6.04. The van der Waals surface area contributed by atoms with E-state index in [0.29, 0.717) is 6.54 Å². The molecule has 0 bridgehead atoms. The Morgan fingerprint density at radius 3 is 2.63 bits per heavy atom. The smallest absolute Gasteiger partial charge is 0.319 e. The van der Waals surface area contributed by atoms with Crippen LogP contribution in [0.25, 0.3) is 11.3 Å². The number of carbonyl (C=O) groups excluding carboxylic acids is 1. The summed E-state index contributed by atoms with van der Waals surface area (Å²) < 4.78 is 0. The monoisotopic (exact) mass is 258 g/mol. The molecule has 0 saturated heterocycles. The average Bonchev–Trinajstić information content (AvgIpc) is 2.84. The van der Waals surface area contributed by atoms with Crippen LogP contribution in [0.5, 0.6) is 0 Å². The molecule has 0 radical (unpaired) electrons. The van der Waals surface area contributed by atoms with Crippen molar-refractivity contribution in [2.75, 3.05) is 11.9 Å². The molecule has 1 aromatic carbocycles. The molecule has 100 valence electrons. The topological polar surface area (TPSA) is 69.8 Å². The lowest BCUT2D eigenvalue weighted by atomic mass is 10.1. The van der Waals surface area contributed by atoms with Crippen LogP contribution in [0.3, 0.4) is 0 Å². The zero-order chi connectivity index (χ0) is 13.7. The van der Waals surface area contributed by atoms with Gasteiger partial charge in [-0.3, -0.25) is 5.10 Å². The molecule has 5 nitrogen and oxygen atoms in total. The van der Waals surface area contributed by atoms with Gasteiger partial charge in [-0.2, -0.15) is 5.10 Å². The Morgan fingerprint density at radius 2 is 2.05 bits per heavy atom. The van der Waals surface area contributed by atoms with Crippen molar-refractivity contribution in [3.05, 3.63) is 36.0 Å². The number of benzene rings is 1. The molecule has 2 rings (SSSR count). The highest BCUT2D eigenvalue weighted by atomic mass is 16.2. The van der Waals surface area contributed by atoms with Crippen molar-refractivity contribution in [1.82, 2.24) is 15.5 Å². The summed E-state index contributed by atoms with van der Waals surface area (Å²) >= 11 is 0. The summed E-state index contributed by atoms with van der Waals surface area (Å²) in [6, 6.07) is 9.41. The van der Waals surface area contributed by atoms with Gasteiger partial charge in [0.05, 0.1) is 5.69 Å². The second-order valence-corrected chi connectivity index (χ2v) is 4.39. The van der Waals surface area contributed by atoms with E-state index in [1.54, 1.807) is 0 Å². The predicted octanol–water partition coefficient (Wildman–Crippen LogP) is 2.92. The summed E-state index contributed by atoms with van der Waals surface area (Å²) in [6.07, 6.45) is 0.921. The van der Waals surface area contributed by atoms with Gasteiger partial charge in [-0.05, 0) is 31.5 Å². The molecule has 2 amide bonds. The first kappa shape index (κ1) is 13.1. The van der Waals surface area contributed by atoms with E-state index in [2.05, 4.69) is 20.8 Å². The van der Waals surface area contributed by atoms with Gasteiger partial charge < -0.3 is 10.6 Å². The van der Waals surface area contributed by atoms with Crippen LogP contribution in [0.1, 0.15) is 19.0 Å². The second-order valence-electron chi connectivity index (χ2n) is 4.39. The summed E-state index contributed by atoms with van der Waals surface area (Å²) in [5.74, 6) is 0. The highest BCUT2D eigenvalue weighted by Gasteiger charge is 2.03. The Labute approximate surface area is 112 Å². The Bertz CT molecular complexity index is 545. The number of anilines is 1. The molecule has 0 aliphatic rings. The molecule has 19 heavy (non-hydrogen) atoms. The molecule has 1 heterocycles. The SMILES string of the molecule is CCCNC(=O)Nc1ccc(-c2cc(C)[nH]n2)cc1. The van der Waals surface area contributed by atoms with E-state index in [9.17, 15) is 4.79 Å². The molecule has 0 spiro atoms. The van der Waals surface area contributed by atoms with Gasteiger partial charge in [0.15, 0.2) is 0 Å². The Morgan fingerprint density at radius 1 is 1.32 bits per heavy atom. The lowest BCUT2D eigenvalue weighted by Gasteiger charge is -2.06. The van der Waals surface area contributed by atoms with Crippen LogP contribution in [-0.4, -0.2) is 22.8 Å². The van der Waals surface area contributed by atoms with Gasteiger partial charge in [-0.1, -0.05) is 19.1 Å². The minimum absolute atomic E-state index is 0.176. The zero-order valence-electron chi connectivity index (χ0n) is 11.2. The summed E-state index contributed by atoms with van der Waals surface area (Å²) in [6.45, 7) is 4.65. The maximum absolute atomic E-state index is 11.5. The Kier molecular flexibility index (Phi) is 4.18. The number of nitrogens with zero attached hydrogens (tertiary/aromatic N) is 1. The summed E-state index contributed by atoms with van der Waals surface area (Å²) in [5.41, 5.74) is 3.71. The summed E-state index contributed by atoms with van der Waals surface area (Å²) in [5, 5.41) is 12.6. The van der Waals surface area contributed by atoms with Crippen molar-refractivity contribution in [3.8, 4) is 11.3 Å². The van der Waals surface area contributed by atoms with Crippen LogP contribution in [0.2, 0.25) is 0 Å². The molecular formula is C14H18N4O. The van der Waals surface area contributed by atoms with Crippen molar-refractivity contribution >= 4 is 11.7 Å². The first-order valence-electron chi connectivity index (χ1n) is 6.36. The standard InChI is InChI=1S/C14H18N4O/c1-3-8-15-14(19)16-12-6-4-11(5-7-12)13-9-10(2)17-18-13/h4-7,9H,3,8H2,1-2H3,(H,17,18)(H2,15,16,19). The van der Waals surface area contributed by atoms with Crippen LogP contribution in [0.4, 0.5) is 10.5 Å². The van der Waals surface area contributed by atoms with E-state index in [4.69, 9.17) is 0 Å². The van der Waals surface area contributed by atoms with Gasteiger partial charge in [-0.15, -0.1) is 0 Å². The Balaban J connectivity index is 2.00. The number of aromatic nitrogens is 2. The number of nitrogens with one attached hydrogen (secondary N) is 3. The van der Waals surface area contributed by atoms with Crippen LogP contribution in [-0.2, 0) is 0 Å². The predicted molar refractivity (Wildman–Crippen MR) is 76.1 cm³/mol. The number of H-pyrrole nitrogens is 1. The number of carbonyl (C=O) groups is 1. The maximum Gasteiger partial charge on any atom is 0.319 e. The van der Waals surface area contributed by atoms with Gasteiger partial charge in [0.25, 0.3) is 0 Å².